The summed E-state index contributed by atoms with van der Waals surface area (Å²) in [5.41, 5.74) is 11.6. The van der Waals surface area contributed by atoms with E-state index in [4.69, 9.17) is 103 Å². The van der Waals surface area contributed by atoms with E-state index >= 15 is 0 Å². The Morgan fingerprint density at radius 2 is 0.950 bits per heavy atom. The Balaban J connectivity index is 0.000000159. The number of aliphatic hydroxyl groups excluding tert-OH is 3. The van der Waals surface area contributed by atoms with Crippen LogP contribution in [0.5, 0.6) is 57.5 Å². The number of ether oxygens (including phenoxy) is 10. The molecular weight excluding hydrogens is 1350 g/mol. The van der Waals surface area contributed by atoms with Crippen LogP contribution in [0.3, 0.4) is 0 Å². The van der Waals surface area contributed by atoms with E-state index in [1.54, 1.807) is 113 Å². The average molecular weight is 1440 g/mol. The maximum atomic E-state index is 9.98. The number of nitrogen functional groups attached to an aromatic ring is 1. The molecule has 0 bridgehead atoms. The first-order chi connectivity index (χ1) is 48.4. The number of anilines is 5. The highest BCUT2D eigenvalue weighted by Crippen LogP contribution is 2.42. The number of nitrogens with zero attached hydrogens (tertiary/aromatic N) is 12. The minimum absolute atomic E-state index is 0.00184. The molecule has 10 aromatic rings. The van der Waals surface area contributed by atoms with Gasteiger partial charge in [-0.2, -0.15) is 9.97 Å². The number of hydrogen-bond donors (Lipinski definition) is 6. The Kier molecular flexibility index (Phi) is 26.1. The molecule has 5 aromatic heterocycles. The van der Waals surface area contributed by atoms with E-state index in [0.29, 0.717) is 104 Å². The third-order valence-corrected chi connectivity index (χ3v) is 17.7. The second kappa shape index (κ2) is 35.0. The zero-order valence-corrected chi connectivity index (χ0v) is 60.1. The van der Waals surface area contributed by atoms with Crippen molar-refractivity contribution in [2.75, 3.05) is 131 Å². The van der Waals surface area contributed by atoms with Crippen LogP contribution in [-0.2, 0) is 0 Å². The maximum absolute atomic E-state index is 9.98. The summed E-state index contributed by atoms with van der Waals surface area (Å²) in [6, 6.07) is 19.0. The Hall–Kier alpha value is -9.55. The number of aromatic nitrogens is 10. The lowest BCUT2D eigenvalue weighted by atomic mass is 10.1. The minimum atomic E-state index is -0.00184. The van der Waals surface area contributed by atoms with E-state index in [1.165, 1.54) is 6.42 Å². The number of rotatable bonds is 19. The van der Waals surface area contributed by atoms with Gasteiger partial charge in [-0.15, -0.1) is 0 Å². The van der Waals surface area contributed by atoms with Gasteiger partial charge >= 0.3 is 0 Å². The summed E-state index contributed by atoms with van der Waals surface area (Å²) in [5, 5.41) is 37.4. The predicted molar refractivity (Wildman–Crippen MR) is 386 cm³/mol. The van der Waals surface area contributed by atoms with Gasteiger partial charge in [0.05, 0.1) is 143 Å². The molecule has 5 aromatic carbocycles. The van der Waals surface area contributed by atoms with Crippen molar-refractivity contribution in [2.45, 2.75) is 70.5 Å². The second-order valence-electron chi connectivity index (χ2n) is 22.9. The Bertz CT molecular complexity index is 4390. The molecule has 0 saturated carbocycles. The average Bonchev–Trinajstić information content (AvgIpc) is 1.25. The first kappa shape index (κ1) is 74.7. The van der Waals surface area contributed by atoms with Crippen LogP contribution in [0.4, 0.5) is 29.2 Å². The number of aliphatic hydroxyl groups is 3. The highest BCUT2D eigenvalue weighted by molar-refractivity contribution is 6.35. The van der Waals surface area contributed by atoms with E-state index < -0.39 is 0 Å². The predicted octanol–water partition coefficient (Wildman–Crippen LogP) is 10.6. The smallest absolute Gasteiger partial charge is 0.230 e. The van der Waals surface area contributed by atoms with Crippen molar-refractivity contribution in [3.8, 4) is 68.9 Å². The van der Waals surface area contributed by atoms with Crippen LogP contribution in [0.15, 0.2) is 85.7 Å². The molecule has 8 heterocycles. The molecule has 3 aliphatic rings. The third kappa shape index (κ3) is 17.4. The van der Waals surface area contributed by atoms with Crippen LogP contribution >= 0.6 is 34.8 Å². The second-order valence-corrected chi connectivity index (χ2v) is 24.0. The Morgan fingerprint density at radius 1 is 0.490 bits per heavy atom. The molecule has 31 heteroatoms. The van der Waals surface area contributed by atoms with Crippen LogP contribution in [0.2, 0.25) is 15.7 Å². The van der Waals surface area contributed by atoms with E-state index in [1.807, 2.05) is 54.1 Å². The quantitative estimate of drug-likeness (QED) is 0.0324. The molecule has 3 aliphatic heterocycles. The summed E-state index contributed by atoms with van der Waals surface area (Å²) in [6.45, 7) is 7.28. The van der Waals surface area contributed by atoms with Crippen LogP contribution < -0.4 is 73.5 Å². The zero-order valence-electron chi connectivity index (χ0n) is 57.8. The van der Waals surface area contributed by atoms with Gasteiger partial charge in [-0.05, 0) is 118 Å². The van der Waals surface area contributed by atoms with Crippen LogP contribution in [0, 0.1) is 13.8 Å². The molecule has 28 nitrogen and oxygen atoms in total. The molecule has 3 saturated heterocycles. The summed E-state index contributed by atoms with van der Waals surface area (Å²) in [4.78, 5) is 38.9. The van der Waals surface area contributed by atoms with Crippen molar-refractivity contribution in [3.63, 3.8) is 0 Å². The van der Waals surface area contributed by atoms with E-state index in [9.17, 15) is 10.2 Å². The summed E-state index contributed by atoms with van der Waals surface area (Å²) in [5.74, 6) is 9.00. The van der Waals surface area contributed by atoms with Gasteiger partial charge in [-0.1, -0.05) is 11.6 Å². The van der Waals surface area contributed by atoms with Gasteiger partial charge < -0.3 is 98.0 Å². The topological polar surface area (TPSA) is 323 Å². The lowest BCUT2D eigenvalue weighted by Gasteiger charge is -2.26. The van der Waals surface area contributed by atoms with Crippen LogP contribution in [0.1, 0.15) is 49.7 Å². The van der Waals surface area contributed by atoms with Gasteiger partial charge in [0.25, 0.3) is 0 Å². The van der Waals surface area contributed by atoms with Crippen molar-refractivity contribution < 1.29 is 62.7 Å². The first-order valence-corrected chi connectivity index (χ1v) is 33.0. The van der Waals surface area contributed by atoms with E-state index in [-0.39, 0.29) is 41.0 Å². The van der Waals surface area contributed by atoms with Gasteiger partial charge in [-0.25, -0.2) is 29.9 Å². The summed E-state index contributed by atoms with van der Waals surface area (Å²) in [6.07, 6.45) is 13.2. The molecule has 0 aliphatic carbocycles. The summed E-state index contributed by atoms with van der Waals surface area (Å²) in [7, 11) is 15.9. The fourth-order valence-corrected chi connectivity index (χ4v) is 12.4. The fraction of sp³-hybridized carbons (Fsp3) is 0.391. The molecule has 7 N–H and O–H groups in total. The molecular formula is C69H84Cl3N15O13. The van der Waals surface area contributed by atoms with Gasteiger partial charge in [0.2, 0.25) is 22.3 Å². The van der Waals surface area contributed by atoms with Crippen molar-refractivity contribution in [3.05, 3.63) is 113 Å². The molecule has 534 valence electrons. The van der Waals surface area contributed by atoms with Gasteiger partial charge in [0.15, 0.2) is 51.8 Å². The molecule has 0 amide bonds. The molecule has 3 atom stereocenters. The zero-order chi connectivity index (χ0) is 71.7. The standard InChI is InChI=1S/C27H32N6O4.C15H18ClN3O3.C12H15N3O3.C10H8Cl2N2O2.C5H11NO/c1-16-9-19(10-22(35-3)17(16)2)32-13-25(28-15-32)30-27-29-21-12-24(37-5)23(36-4)11-20(21)26(31-27)33-8-6-7-18(33)14-34;1-21-12-6-10-11(7-13(12)22-2)17-15(16)18-14(10)19-5-3-4-9(19)8-20;1-16-9-4-8(15-6-11(13)14-7-15)5-10(17-2)12(9)18-3;1-15-7-3-5-6(4-8(7)16-2)13-10(12)14-9(5)11;7-4-5-2-1-3-6-5/h9-13,15,18,34H,6-8,14H2,1-5H3,(H,29,30,31);6-7,9,20H,3-5,8H2,1-2H3;4-7H,13H2,1-3H3;3-4H,1-2H3;5-7H,1-4H2/t18-;9-;;;5-/m00..0/s1. The number of methoxy groups -OCH3 is 10. The highest BCUT2D eigenvalue weighted by atomic mass is 35.5. The van der Waals surface area contributed by atoms with E-state index in [0.717, 1.165) is 102 Å². The van der Waals surface area contributed by atoms with Crippen molar-refractivity contribution in [1.29, 1.82) is 0 Å². The van der Waals surface area contributed by atoms with Crippen molar-refractivity contribution >= 4 is 96.7 Å². The SMILES string of the molecule is COc1cc(-n2cnc(N)c2)cc(OC)c1OC.COc1cc2nc(Cl)nc(Cl)c2cc1OC.COc1cc2nc(Cl)nc(N3CCC[C@H]3CO)c2cc1OC.COc1cc2nc(Nc3cn(-c4cc(C)c(C)c(OC)c4)cn3)nc(N3CCC[C@H]3CO)c2cc1OC.OC[C@@H]1CCCN1. The number of benzene rings is 5. The Morgan fingerprint density at radius 3 is 1.42 bits per heavy atom. The first-order valence-electron chi connectivity index (χ1n) is 31.8. The molecule has 0 radical (unpaired) electrons. The van der Waals surface area contributed by atoms with Crippen LogP contribution in [-0.4, -0.2) is 193 Å². The molecule has 3 fully saturated rings. The summed E-state index contributed by atoms with van der Waals surface area (Å²) < 4.78 is 57.1. The molecule has 0 unspecified atom stereocenters. The molecule has 13 rings (SSSR count). The fourth-order valence-electron chi connectivity index (χ4n) is 11.8. The van der Waals surface area contributed by atoms with Crippen LogP contribution in [0.25, 0.3) is 44.1 Å². The molecule has 100 heavy (non-hydrogen) atoms. The van der Waals surface area contributed by atoms with Gasteiger partial charge in [0, 0.05) is 71.7 Å². The number of fused-ring (bicyclic) bond motifs is 3. The monoisotopic (exact) mass is 1440 g/mol. The van der Waals surface area contributed by atoms with Crippen molar-refractivity contribution in [1.82, 2.24) is 54.3 Å². The van der Waals surface area contributed by atoms with Crippen molar-refractivity contribution in [2.24, 2.45) is 0 Å². The number of imidazole rings is 2. The maximum Gasteiger partial charge on any atom is 0.230 e. The largest absolute Gasteiger partial charge is 0.496 e. The number of hydrogen-bond acceptors (Lipinski definition) is 26. The lowest BCUT2D eigenvalue weighted by molar-refractivity contribution is 0.255. The Labute approximate surface area is 594 Å². The molecule has 0 spiro atoms. The lowest BCUT2D eigenvalue weighted by Crippen LogP contribution is -2.33. The number of nitrogens with two attached hydrogens (primary N) is 1. The summed E-state index contributed by atoms with van der Waals surface area (Å²) >= 11 is 17.7. The highest BCUT2D eigenvalue weighted by Gasteiger charge is 2.30. The van der Waals surface area contributed by atoms with Gasteiger partial charge in [-0.3, -0.25) is 0 Å². The third-order valence-electron chi connectivity index (χ3n) is 17.1. The number of nitrogens with one attached hydrogen (secondary N) is 2. The van der Waals surface area contributed by atoms with Gasteiger partial charge in [0.1, 0.15) is 41.0 Å². The number of aryl methyl sites for hydroxylation is 1. The van der Waals surface area contributed by atoms with E-state index in [2.05, 4.69) is 63.3 Å². The number of halogens is 3. The minimum Gasteiger partial charge on any atom is -0.496 e. The normalized spacial score (nSPS) is 15.3.